The van der Waals surface area contributed by atoms with Crippen molar-refractivity contribution in [2.75, 3.05) is 70.6 Å². The van der Waals surface area contributed by atoms with E-state index in [9.17, 15) is 17.6 Å². The summed E-state index contributed by atoms with van der Waals surface area (Å²) in [4.78, 5) is 23.1. The lowest BCUT2D eigenvalue weighted by Crippen LogP contribution is -2.50. The van der Waals surface area contributed by atoms with Gasteiger partial charge in [0.05, 0.1) is 11.8 Å². The number of amides is 1. The van der Waals surface area contributed by atoms with Gasteiger partial charge in [0.1, 0.15) is 18.2 Å². The fraction of sp³-hybridized carbons (Fsp3) is 0.640. The van der Waals surface area contributed by atoms with Gasteiger partial charge in [-0.2, -0.15) is 9.29 Å². The minimum absolute atomic E-state index is 0.0456. The van der Waals surface area contributed by atoms with Crippen molar-refractivity contribution in [2.24, 2.45) is 0 Å². The maximum atomic E-state index is 14.8. The molecule has 2 fully saturated rings. The number of piperazine rings is 1. The van der Waals surface area contributed by atoms with Gasteiger partial charge >= 0.3 is 6.01 Å². The van der Waals surface area contributed by atoms with Crippen molar-refractivity contribution >= 4 is 21.9 Å². The fourth-order valence-corrected chi connectivity index (χ4v) is 5.56. The Morgan fingerprint density at radius 3 is 2.45 bits per heavy atom. The van der Waals surface area contributed by atoms with E-state index in [2.05, 4.69) is 27.0 Å². The van der Waals surface area contributed by atoms with E-state index in [0.29, 0.717) is 31.0 Å². The molecule has 2 aliphatic heterocycles. The van der Waals surface area contributed by atoms with Crippen LogP contribution in [0.3, 0.4) is 0 Å². The Morgan fingerprint density at radius 1 is 1.18 bits per heavy atom. The van der Waals surface area contributed by atoms with Crippen molar-refractivity contribution in [1.29, 1.82) is 0 Å². The van der Waals surface area contributed by atoms with Crippen LogP contribution in [-0.2, 0) is 10.0 Å². The van der Waals surface area contributed by atoms with Crippen LogP contribution in [0.15, 0.2) is 22.7 Å². The van der Waals surface area contributed by atoms with Crippen molar-refractivity contribution < 1.29 is 26.9 Å². The second kappa shape index (κ2) is 12.0. The third-order valence-corrected chi connectivity index (χ3v) is 8.49. The number of hydrogen-bond acceptors (Lipinski definition) is 9. The molecule has 0 aliphatic carbocycles. The van der Waals surface area contributed by atoms with Gasteiger partial charge in [0.25, 0.3) is 5.91 Å². The molecule has 1 aromatic carbocycles. The molecule has 0 unspecified atom stereocenters. The van der Waals surface area contributed by atoms with Crippen molar-refractivity contribution in [3.63, 3.8) is 0 Å². The monoisotopic (exact) mass is 552 g/mol. The molecule has 0 bridgehead atoms. The van der Waals surface area contributed by atoms with E-state index in [-0.39, 0.29) is 37.7 Å². The summed E-state index contributed by atoms with van der Waals surface area (Å²) in [6.45, 7) is 7.66. The quantitative estimate of drug-likeness (QED) is 0.461. The fourth-order valence-electron chi connectivity index (χ4n) is 4.73. The first-order chi connectivity index (χ1) is 18.0. The number of piperidine rings is 1. The predicted octanol–water partition coefficient (Wildman–Crippen LogP) is 2.03. The second-order valence-corrected chi connectivity index (χ2v) is 12.2. The van der Waals surface area contributed by atoms with Crippen LogP contribution >= 0.6 is 0 Å². The zero-order valence-electron chi connectivity index (χ0n) is 22.5. The average molecular weight is 553 g/mol. The van der Waals surface area contributed by atoms with Crippen LogP contribution in [0.25, 0.3) is 0 Å². The van der Waals surface area contributed by atoms with E-state index in [1.807, 2.05) is 13.8 Å². The number of rotatable bonds is 9. The highest BCUT2D eigenvalue weighted by atomic mass is 32.2. The molecule has 3 heterocycles. The van der Waals surface area contributed by atoms with Crippen LogP contribution in [0, 0.1) is 5.82 Å². The van der Waals surface area contributed by atoms with Crippen LogP contribution in [-0.4, -0.2) is 110 Å². The topological polar surface area (TPSA) is 112 Å². The van der Waals surface area contributed by atoms with E-state index in [0.717, 1.165) is 38.0 Å². The van der Waals surface area contributed by atoms with Gasteiger partial charge in [0.15, 0.2) is 5.82 Å². The molecule has 0 radical (unpaired) electrons. The maximum absolute atomic E-state index is 14.8. The van der Waals surface area contributed by atoms with Gasteiger partial charge in [-0.1, -0.05) is 19.0 Å². The van der Waals surface area contributed by atoms with E-state index in [1.165, 1.54) is 21.3 Å². The molecule has 0 spiro atoms. The van der Waals surface area contributed by atoms with Crippen molar-refractivity contribution in [1.82, 2.24) is 24.2 Å². The molecule has 1 amide bonds. The molecule has 0 N–H and O–H groups in total. The normalized spacial score (nSPS) is 18.0. The molecular formula is C25H37FN6O5S. The summed E-state index contributed by atoms with van der Waals surface area (Å²) < 4.78 is 50.6. The Balaban J connectivity index is 1.21. The first-order valence-electron chi connectivity index (χ1n) is 13.0. The van der Waals surface area contributed by atoms with Gasteiger partial charge in [-0.25, -0.2) is 12.8 Å². The highest BCUT2D eigenvalue weighted by molar-refractivity contribution is 7.88. The lowest BCUT2D eigenvalue weighted by atomic mass is 10.0. The summed E-state index contributed by atoms with van der Waals surface area (Å²) in [5.74, 6) is 0.208. The number of hydrogen-bond donors (Lipinski definition) is 0. The number of anilines is 1. The average Bonchev–Trinajstić information content (AvgIpc) is 3.39. The first-order valence-corrected chi connectivity index (χ1v) is 14.8. The van der Waals surface area contributed by atoms with Crippen LogP contribution < -0.4 is 9.64 Å². The number of sulfonamides is 1. The Labute approximate surface area is 223 Å². The summed E-state index contributed by atoms with van der Waals surface area (Å²) in [5.41, 5.74) is -0.0456. The number of ether oxygens (including phenoxy) is 1. The molecule has 11 nitrogen and oxygen atoms in total. The van der Waals surface area contributed by atoms with Gasteiger partial charge in [-0.3, -0.25) is 9.69 Å². The molecule has 4 rings (SSSR count). The zero-order valence-corrected chi connectivity index (χ0v) is 23.3. The first kappa shape index (κ1) is 28.2. The van der Waals surface area contributed by atoms with Gasteiger partial charge in [-0.15, -0.1) is 0 Å². The van der Waals surface area contributed by atoms with Gasteiger partial charge in [0, 0.05) is 63.8 Å². The lowest BCUT2D eigenvalue weighted by molar-refractivity contribution is 0.0693. The summed E-state index contributed by atoms with van der Waals surface area (Å²) in [6.07, 6.45) is 3.06. The Hall–Kier alpha value is -2.77. The van der Waals surface area contributed by atoms with E-state index >= 15 is 0 Å². The molecule has 2 aliphatic rings. The summed E-state index contributed by atoms with van der Waals surface area (Å²) in [5, 5.41) is 4.05. The number of nitrogens with zero attached hydrogens (tertiary/aromatic N) is 6. The third kappa shape index (κ3) is 6.80. The SMILES string of the molecule is CC(C)c1noc(N2CCC(N(C)CCOc3ccc(C(=O)N4CCN(S(C)(=O)=O)CC4)c(F)c3)CC2)n1. The lowest BCUT2D eigenvalue weighted by Gasteiger charge is -2.35. The van der Waals surface area contributed by atoms with E-state index < -0.39 is 21.7 Å². The number of carbonyl (C=O) groups excluding carboxylic acids is 1. The molecule has 0 saturated carbocycles. The number of aromatic nitrogens is 2. The van der Waals surface area contributed by atoms with Crippen LogP contribution in [0.2, 0.25) is 0 Å². The van der Waals surface area contributed by atoms with E-state index in [1.54, 1.807) is 6.07 Å². The molecule has 1 aromatic heterocycles. The van der Waals surface area contributed by atoms with Crippen molar-refractivity contribution in [3.05, 3.63) is 35.4 Å². The minimum Gasteiger partial charge on any atom is -0.492 e. The molecule has 13 heteroatoms. The highest BCUT2D eigenvalue weighted by Crippen LogP contribution is 2.23. The van der Waals surface area contributed by atoms with Gasteiger partial charge in [0.2, 0.25) is 10.0 Å². The number of halogens is 1. The molecule has 2 aromatic rings. The molecule has 0 atom stereocenters. The predicted molar refractivity (Wildman–Crippen MR) is 140 cm³/mol. The number of likely N-dealkylation sites (N-methyl/N-ethyl adjacent to an activating group) is 1. The molecule has 2 saturated heterocycles. The second-order valence-electron chi connectivity index (χ2n) is 10.2. The highest BCUT2D eigenvalue weighted by Gasteiger charge is 2.28. The smallest absolute Gasteiger partial charge is 0.324 e. The molecule has 210 valence electrons. The summed E-state index contributed by atoms with van der Waals surface area (Å²) >= 11 is 0. The minimum atomic E-state index is -3.30. The largest absolute Gasteiger partial charge is 0.492 e. The number of carbonyl (C=O) groups is 1. The Bertz CT molecular complexity index is 1210. The Morgan fingerprint density at radius 2 is 1.87 bits per heavy atom. The summed E-state index contributed by atoms with van der Waals surface area (Å²) in [7, 11) is -1.25. The molecule has 38 heavy (non-hydrogen) atoms. The Kier molecular flexibility index (Phi) is 8.89. The maximum Gasteiger partial charge on any atom is 0.324 e. The standard InChI is InChI=1S/C25H37FN6O5S/c1-18(2)23-27-25(37-28-23)31-9-7-19(8-10-31)29(3)15-16-36-20-5-6-21(22(26)17-20)24(33)30-11-13-32(14-12-30)38(4,34)35/h5-6,17-19H,7-16H2,1-4H3. The van der Waals surface area contributed by atoms with Gasteiger partial charge < -0.3 is 19.1 Å². The van der Waals surface area contributed by atoms with Crippen LogP contribution in [0.1, 0.15) is 48.8 Å². The third-order valence-electron chi connectivity index (χ3n) is 7.18. The summed E-state index contributed by atoms with van der Waals surface area (Å²) in [6, 6.07) is 5.23. The zero-order chi connectivity index (χ0) is 27.4. The number of benzene rings is 1. The van der Waals surface area contributed by atoms with Gasteiger partial charge in [-0.05, 0) is 32.0 Å². The van der Waals surface area contributed by atoms with Crippen LogP contribution in [0.4, 0.5) is 10.4 Å². The van der Waals surface area contributed by atoms with E-state index in [4.69, 9.17) is 9.26 Å². The van der Waals surface area contributed by atoms with Crippen LogP contribution in [0.5, 0.6) is 5.75 Å². The molecular weight excluding hydrogens is 515 g/mol. The van der Waals surface area contributed by atoms with Crippen molar-refractivity contribution in [3.8, 4) is 5.75 Å². The van der Waals surface area contributed by atoms with Crippen molar-refractivity contribution in [2.45, 2.75) is 38.6 Å².